The second kappa shape index (κ2) is 5.29. The molecule has 0 aliphatic rings. The van der Waals surface area contributed by atoms with Crippen LogP contribution in [0.2, 0.25) is 0 Å². The molecule has 0 radical (unpaired) electrons. The van der Waals surface area contributed by atoms with Crippen molar-refractivity contribution in [3.05, 3.63) is 33.4 Å². The van der Waals surface area contributed by atoms with Crippen LogP contribution in [0.1, 0.15) is 22.3 Å². The molecular formula is C11H6N2O4. The number of rotatable bonds is 2. The van der Waals surface area contributed by atoms with E-state index < -0.39 is 16.4 Å². The van der Waals surface area contributed by atoms with Gasteiger partial charge in [-0.05, 0) is 6.07 Å². The van der Waals surface area contributed by atoms with E-state index in [1.165, 1.54) is 6.07 Å². The Labute approximate surface area is 96.3 Å². The predicted octanol–water partition coefficient (Wildman–Crippen LogP) is 1.38. The number of nitrogens with zero attached hydrogens (tertiary/aromatic N) is 2. The number of carbonyl (C=O) groups excluding carboxylic acids is 1. The molecule has 1 N–H and O–H groups in total. The molecule has 1 aromatic rings. The average Bonchev–Trinajstić information content (AvgIpc) is 2.30. The van der Waals surface area contributed by atoms with E-state index in [0.29, 0.717) is 6.29 Å². The van der Waals surface area contributed by atoms with Gasteiger partial charge in [0.2, 0.25) is 5.75 Å². The van der Waals surface area contributed by atoms with E-state index in [2.05, 4.69) is 11.8 Å². The smallest absolute Gasteiger partial charge is 0.312 e. The number of phenolic OH excluding ortho intramolecular Hbond substituents is 1. The molecule has 1 aromatic carbocycles. The van der Waals surface area contributed by atoms with Crippen molar-refractivity contribution >= 4 is 12.0 Å². The molecule has 0 bridgehead atoms. The summed E-state index contributed by atoms with van der Waals surface area (Å²) in [6.07, 6.45) is 0.281. The molecule has 0 saturated carbocycles. The van der Waals surface area contributed by atoms with Gasteiger partial charge in [-0.25, -0.2) is 0 Å². The van der Waals surface area contributed by atoms with Gasteiger partial charge in [0.25, 0.3) is 0 Å². The summed E-state index contributed by atoms with van der Waals surface area (Å²) in [7, 11) is 0. The molecule has 0 atom stereocenters. The first kappa shape index (κ1) is 12.2. The van der Waals surface area contributed by atoms with Gasteiger partial charge in [-0.2, -0.15) is 5.26 Å². The Balaban J connectivity index is 3.32. The minimum atomic E-state index is -0.808. The fraction of sp³-hybridized carbons (Fsp3) is 0.0909. The molecule has 0 amide bonds. The lowest BCUT2D eigenvalue weighted by Crippen LogP contribution is -1.93. The number of hydrogen-bond donors (Lipinski definition) is 1. The first-order chi connectivity index (χ1) is 8.10. The number of nitro benzene ring substituents is 1. The molecule has 0 heterocycles. The van der Waals surface area contributed by atoms with Crippen molar-refractivity contribution in [3.63, 3.8) is 0 Å². The van der Waals surface area contributed by atoms with Crippen molar-refractivity contribution in [1.29, 1.82) is 5.26 Å². The number of phenols is 1. The minimum Gasteiger partial charge on any atom is -0.502 e. The fourth-order valence-electron chi connectivity index (χ4n) is 1.13. The number of nitro groups is 1. The third-order valence-electron chi connectivity index (χ3n) is 1.84. The number of aromatic hydroxyl groups is 1. The Bertz CT molecular complexity index is 576. The summed E-state index contributed by atoms with van der Waals surface area (Å²) >= 11 is 0. The molecule has 0 aliphatic carbocycles. The highest BCUT2D eigenvalue weighted by molar-refractivity contribution is 5.83. The van der Waals surface area contributed by atoms with E-state index in [-0.39, 0.29) is 17.5 Å². The van der Waals surface area contributed by atoms with Crippen LogP contribution in [0.25, 0.3) is 0 Å². The van der Waals surface area contributed by atoms with Crippen LogP contribution in [0.5, 0.6) is 5.75 Å². The Morgan fingerprint density at radius 2 is 2.24 bits per heavy atom. The highest BCUT2D eigenvalue weighted by Gasteiger charge is 2.18. The minimum absolute atomic E-state index is 0.0227. The molecule has 17 heavy (non-hydrogen) atoms. The van der Waals surface area contributed by atoms with Crippen molar-refractivity contribution in [2.45, 2.75) is 6.42 Å². The molecule has 0 unspecified atom stereocenters. The number of benzene rings is 1. The van der Waals surface area contributed by atoms with E-state index in [1.54, 1.807) is 6.07 Å². The van der Waals surface area contributed by atoms with E-state index in [9.17, 15) is 20.0 Å². The third-order valence-corrected chi connectivity index (χ3v) is 1.84. The molecule has 0 spiro atoms. The molecule has 6 nitrogen and oxygen atoms in total. The Morgan fingerprint density at radius 3 is 2.76 bits per heavy atom. The maximum atomic E-state index is 10.6. The lowest BCUT2D eigenvalue weighted by molar-refractivity contribution is -0.385. The zero-order chi connectivity index (χ0) is 12.8. The third kappa shape index (κ3) is 2.80. The van der Waals surface area contributed by atoms with Crippen LogP contribution in [0.3, 0.4) is 0 Å². The van der Waals surface area contributed by atoms with Crippen molar-refractivity contribution in [2.24, 2.45) is 0 Å². The predicted molar refractivity (Wildman–Crippen MR) is 57.3 cm³/mol. The van der Waals surface area contributed by atoms with Crippen molar-refractivity contribution < 1.29 is 14.8 Å². The van der Waals surface area contributed by atoms with Gasteiger partial charge < -0.3 is 5.11 Å². The van der Waals surface area contributed by atoms with Crippen LogP contribution < -0.4 is 0 Å². The van der Waals surface area contributed by atoms with E-state index in [4.69, 9.17) is 5.26 Å². The van der Waals surface area contributed by atoms with Crippen molar-refractivity contribution in [3.8, 4) is 23.7 Å². The van der Waals surface area contributed by atoms with Crippen LogP contribution in [-0.2, 0) is 0 Å². The molecule has 0 fully saturated rings. The summed E-state index contributed by atoms with van der Waals surface area (Å²) in [4.78, 5) is 20.4. The monoisotopic (exact) mass is 230 g/mol. The number of nitriles is 1. The van der Waals surface area contributed by atoms with Crippen LogP contribution in [0, 0.1) is 33.3 Å². The van der Waals surface area contributed by atoms with Crippen molar-refractivity contribution in [1.82, 2.24) is 0 Å². The second-order valence-corrected chi connectivity index (χ2v) is 2.94. The largest absolute Gasteiger partial charge is 0.502 e. The highest BCUT2D eigenvalue weighted by Crippen LogP contribution is 2.29. The summed E-state index contributed by atoms with van der Waals surface area (Å²) in [5, 5.41) is 28.3. The number of carbonyl (C=O) groups is 1. The molecule has 1 rings (SSSR count). The molecule has 0 aromatic heterocycles. The van der Waals surface area contributed by atoms with Gasteiger partial charge in [0, 0.05) is 11.6 Å². The summed E-state index contributed by atoms with van der Waals surface area (Å²) in [5.74, 6) is 4.27. The van der Waals surface area contributed by atoms with Crippen molar-refractivity contribution in [2.75, 3.05) is 0 Å². The summed E-state index contributed by atoms with van der Waals surface area (Å²) in [6.45, 7) is 0. The van der Waals surface area contributed by atoms with Gasteiger partial charge >= 0.3 is 5.69 Å². The highest BCUT2D eigenvalue weighted by atomic mass is 16.6. The molecule has 0 aliphatic heterocycles. The lowest BCUT2D eigenvalue weighted by Gasteiger charge is -1.99. The van der Waals surface area contributed by atoms with Gasteiger partial charge in [-0.15, -0.1) is 0 Å². The van der Waals surface area contributed by atoms with Gasteiger partial charge in [-0.1, -0.05) is 11.8 Å². The first-order valence-corrected chi connectivity index (χ1v) is 4.42. The Kier molecular flexibility index (Phi) is 3.80. The Morgan fingerprint density at radius 1 is 1.53 bits per heavy atom. The van der Waals surface area contributed by atoms with E-state index >= 15 is 0 Å². The SMILES string of the molecule is N#CCC#Cc1cc(C=O)c(O)c([N+](=O)[O-])c1. The molecular weight excluding hydrogens is 224 g/mol. The first-order valence-electron chi connectivity index (χ1n) is 4.42. The average molecular weight is 230 g/mol. The normalized spacial score (nSPS) is 8.65. The molecule has 6 heteroatoms. The maximum Gasteiger partial charge on any atom is 0.312 e. The zero-order valence-corrected chi connectivity index (χ0v) is 8.51. The van der Waals surface area contributed by atoms with Gasteiger partial charge in [0.1, 0.15) is 0 Å². The Hall–Kier alpha value is -2.86. The van der Waals surface area contributed by atoms with Crippen LogP contribution in [0.4, 0.5) is 5.69 Å². The summed E-state index contributed by atoms with van der Waals surface area (Å²) < 4.78 is 0. The molecule has 84 valence electrons. The second-order valence-electron chi connectivity index (χ2n) is 2.94. The van der Waals surface area contributed by atoms with Crippen LogP contribution in [0.15, 0.2) is 12.1 Å². The lowest BCUT2D eigenvalue weighted by atomic mass is 10.1. The fourth-order valence-corrected chi connectivity index (χ4v) is 1.13. The van der Waals surface area contributed by atoms with Gasteiger partial charge in [0.15, 0.2) is 6.29 Å². The zero-order valence-electron chi connectivity index (χ0n) is 8.51. The number of hydrogen-bond acceptors (Lipinski definition) is 5. The maximum absolute atomic E-state index is 10.6. The standard InChI is InChI=1S/C11H6N2O4/c12-4-2-1-3-8-5-9(7-14)11(15)10(6-8)13(16)17/h5-7,15H,2H2. The van der Waals surface area contributed by atoms with E-state index in [0.717, 1.165) is 6.07 Å². The quantitative estimate of drug-likeness (QED) is 0.357. The van der Waals surface area contributed by atoms with Gasteiger partial charge in [-0.3, -0.25) is 14.9 Å². The number of aldehydes is 1. The van der Waals surface area contributed by atoms with E-state index in [1.807, 2.05) is 0 Å². The van der Waals surface area contributed by atoms with Crippen LogP contribution >= 0.6 is 0 Å². The van der Waals surface area contributed by atoms with Crippen LogP contribution in [-0.4, -0.2) is 16.3 Å². The topological polar surface area (TPSA) is 104 Å². The van der Waals surface area contributed by atoms with Gasteiger partial charge in [0.05, 0.1) is 23.0 Å². The summed E-state index contributed by atoms with van der Waals surface area (Å²) in [6, 6.07) is 4.06. The summed E-state index contributed by atoms with van der Waals surface area (Å²) in [5.41, 5.74) is -0.594. The molecule has 0 saturated heterocycles.